The molecule has 4 heteroatoms. The summed E-state index contributed by atoms with van der Waals surface area (Å²) in [6.45, 7) is 0. The number of carboxylic acids is 1. The van der Waals surface area contributed by atoms with E-state index in [1.165, 1.54) is 0 Å². The molecule has 3 nitrogen and oxygen atoms in total. The molecular weight excluding hydrogens is 154 g/mol. The fraction of sp³-hybridized carbons (Fsp3) is 0.833. The Morgan fingerprint density at radius 2 is 2.10 bits per heavy atom. The second-order valence-corrected chi connectivity index (χ2v) is 2.56. The maximum Gasteiger partial charge on any atom is 0.320 e. The van der Waals surface area contributed by atoms with Gasteiger partial charge in [-0.05, 0) is 18.8 Å². The van der Waals surface area contributed by atoms with E-state index in [9.17, 15) is 4.79 Å². The molecule has 0 aromatic carbocycles. The van der Waals surface area contributed by atoms with Crippen LogP contribution in [0.5, 0.6) is 0 Å². The fourth-order valence-electron chi connectivity index (χ4n) is 1.00. The van der Waals surface area contributed by atoms with E-state index in [1.807, 2.05) is 0 Å². The highest BCUT2D eigenvalue weighted by molar-refractivity contribution is 5.85. The van der Waals surface area contributed by atoms with E-state index < -0.39 is 12.0 Å². The van der Waals surface area contributed by atoms with Gasteiger partial charge in [-0.1, -0.05) is 6.42 Å². The Hall–Kier alpha value is -0.280. The van der Waals surface area contributed by atoms with Crippen LogP contribution in [-0.4, -0.2) is 17.1 Å². The van der Waals surface area contributed by atoms with Crippen molar-refractivity contribution in [2.75, 3.05) is 0 Å². The third-order valence-electron chi connectivity index (χ3n) is 1.94. The van der Waals surface area contributed by atoms with Gasteiger partial charge in [0.15, 0.2) is 0 Å². The van der Waals surface area contributed by atoms with Crippen molar-refractivity contribution in [2.24, 2.45) is 11.7 Å². The summed E-state index contributed by atoms with van der Waals surface area (Å²) >= 11 is 0. The molecule has 3 N–H and O–H groups in total. The summed E-state index contributed by atoms with van der Waals surface area (Å²) in [6, 6.07) is -0.612. The van der Waals surface area contributed by atoms with Crippen molar-refractivity contribution in [3.8, 4) is 0 Å². The van der Waals surface area contributed by atoms with Gasteiger partial charge in [-0.25, -0.2) is 0 Å². The fourth-order valence-corrected chi connectivity index (χ4v) is 1.00. The maximum atomic E-state index is 10.2. The zero-order valence-electron chi connectivity index (χ0n) is 5.62. The molecule has 1 aliphatic rings. The number of hydrogen-bond acceptors (Lipinski definition) is 2. The average Bonchev–Trinajstić information content (AvgIpc) is 1.60. The summed E-state index contributed by atoms with van der Waals surface area (Å²) in [6.07, 6.45) is 3.13. The molecule has 0 aromatic heterocycles. The standard InChI is InChI=1S/C6H11NO2.ClH/c7-5(6(8)9)4-2-1-3-4;/h4-5H,1-3,7H2,(H,8,9);1H. The lowest BCUT2D eigenvalue weighted by molar-refractivity contribution is -0.140. The van der Waals surface area contributed by atoms with E-state index in [1.54, 1.807) is 0 Å². The van der Waals surface area contributed by atoms with Crippen molar-refractivity contribution in [1.29, 1.82) is 0 Å². The van der Waals surface area contributed by atoms with Gasteiger partial charge in [-0.3, -0.25) is 4.79 Å². The molecule has 60 valence electrons. The van der Waals surface area contributed by atoms with Crippen LogP contribution in [0.15, 0.2) is 0 Å². The Labute approximate surface area is 66.0 Å². The minimum Gasteiger partial charge on any atom is -0.480 e. The molecule has 0 amide bonds. The zero-order valence-corrected chi connectivity index (χ0v) is 6.43. The number of aliphatic carboxylic acids is 1. The first-order valence-electron chi connectivity index (χ1n) is 3.20. The monoisotopic (exact) mass is 165 g/mol. The first-order chi connectivity index (χ1) is 4.22. The second-order valence-electron chi connectivity index (χ2n) is 2.56. The number of nitrogens with two attached hydrogens (primary N) is 1. The van der Waals surface area contributed by atoms with Gasteiger partial charge in [0.05, 0.1) is 0 Å². The van der Waals surface area contributed by atoms with Crippen LogP contribution >= 0.6 is 12.4 Å². The van der Waals surface area contributed by atoms with Crippen LogP contribution in [0.2, 0.25) is 0 Å². The number of hydrogen-bond donors (Lipinski definition) is 2. The molecule has 0 bridgehead atoms. The molecule has 0 saturated heterocycles. The summed E-state index contributed by atoms with van der Waals surface area (Å²) in [4.78, 5) is 10.2. The van der Waals surface area contributed by atoms with E-state index in [2.05, 4.69) is 0 Å². The second kappa shape index (κ2) is 3.78. The molecule has 0 spiro atoms. The van der Waals surface area contributed by atoms with Crippen LogP contribution in [0.3, 0.4) is 0 Å². The van der Waals surface area contributed by atoms with Gasteiger partial charge in [-0.15, -0.1) is 12.4 Å². The third kappa shape index (κ3) is 1.85. The van der Waals surface area contributed by atoms with E-state index in [4.69, 9.17) is 10.8 Å². The van der Waals surface area contributed by atoms with Gasteiger partial charge in [0.2, 0.25) is 0 Å². The molecule has 0 aliphatic heterocycles. The molecule has 0 heterocycles. The highest BCUT2D eigenvalue weighted by Crippen LogP contribution is 2.28. The summed E-state index contributed by atoms with van der Waals surface area (Å²) in [5.41, 5.74) is 5.32. The largest absolute Gasteiger partial charge is 0.480 e. The van der Waals surface area contributed by atoms with Crippen molar-refractivity contribution in [1.82, 2.24) is 0 Å². The molecule has 1 atom stereocenters. The summed E-state index contributed by atoms with van der Waals surface area (Å²) in [5, 5.41) is 8.39. The minimum absolute atomic E-state index is 0. The quantitative estimate of drug-likeness (QED) is 0.631. The number of halogens is 1. The number of carboxylic acid groups (broad SMARTS) is 1. The molecule has 1 rings (SSSR count). The predicted octanol–water partition coefficient (Wildman–Crippen LogP) is 0.620. The van der Waals surface area contributed by atoms with Crippen LogP contribution in [-0.2, 0) is 4.79 Å². The molecule has 1 saturated carbocycles. The van der Waals surface area contributed by atoms with Crippen LogP contribution < -0.4 is 5.73 Å². The molecule has 1 fully saturated rings. The number of carbonyl (C=O) groups is 1. The van der Waals surface area contributed by atoms with E-state index in [-0.39, 0.29) is 18.3 Å². The Morgan fingerprint density at radius 3 is 2.20 bits per heavy atom. The molecule has 0 radical (unpaired) electrons. The topological polar surface area (TPSA) is 63.3 Å². The normalized spacial score (nSPS) is 20.5. The van der Waals surface area contributed by atoms with Crippen molar-refractivity contribution in [3.05, 3.63) is 0 Å². The highest BCUT2D eigenvalue weighted by atomic mass is 35.5. The lowest BCUT2D eigenvalue weighted by atomic mass is 9.80. The van der Waals surface area contributed by atoms with Crippen LogP contribution in [0.4, 0.5) is 0 Å². The van der Waals surface area contributed by atoms with Gasteiger partial charge in [0.25, 0.3) is 0 Å². The van der Waals surface area contributed by atoms with Crippen LogP contribution in [0.25, 0.3) is 0 Å². The van der Waals surface area contributed by atoms with E-state index in [0.29, 0.717) is 0 Å². The SMILES string of the molecule is Cl.NC(C(=O)O)C1CCC1. The van der Waals surface area contributed by atoms with Crippen molar-refractivity contribution >= 4 is 18.4 Å². The van der Waals surface area contributed by atoms with Crippen LogP contribution in [0.1, 0.15) is 19.3 Å². The summed E-state index contributed by atoms with van der Waals surface area (Å²) < 4.78 is 0. The smallest absolute Gasteiger partial charge is 0.320 e. The lowest BCUT2D eigenvalue weighted by Gasteiger charge is -2.28. The predicted molar refractivity (Wildman–Crippen MR) is 40.2 cm³/mol. The number of rotatable bonds is 2. The summed E-state index contributed by atoms with van der Waals surface area (Å²) in [7, 11) is 0. The highest BCUT2D eigenvalue weighted by Gasteiger charge is 2.28. The zero-order chi connectivity index (χ0) is 6.85. The van der Waals surface area contributed by atoms with Gasteiger partial charge in [0, 0.05) is 0 Å². The molecule has 10 heavy (non-hydrogen) atoms. The Morgan fingerprint density at radius 1 is 1.60 bits per heavy atom. The first kappa shape index (κ1) is 9.72. The van der Waals surface area contributed by atoms with Crippen molar-refractivity contribution in [2.45, 2.75) is 25.3 Å². The Balaban J connectivity index is 0.000000810. The van der Waals surface area contributed by atoms with E-state index in [0.717, 1.165) is 19.3 Å². The maximum absolute atomic E-state index is 10.2. The van der Waals surface area contributed by atoms with Gasteiger partial charge < -0.3 is 10.8 Å². The third-order valence-corrected chi connectivity index (χ3v) is 1.94. The molecular formula is C6H12ClNO2. The first-order valence-corrected chi connectivity index (χ1v) is 3.20. The summed E-state index contributed by atoms with van der Waals surface area (Å²) in [5.74, 6) is -0.609. The van der Waals surface area contributed by atoms with Gasteiger partial charge in [-0.2, -0.15) is 0 Å². The minimum atomic E-state index is -0.861. The average molecular weight is 166 g/mol. The van der Waals surface area contributed by atoms with E-state index >= 15 is 0 Å². The Bertz CT molecular complexity index is 125. The lowest BCUT2D eigenvalue weighted by Crippen LogP contribution is -2.41. The van der Waals surface area contributed by atoms with Crippen molar-refractivity contribution in [3.63, 3.8) is 0 Å². The van der Waals surface area contributed by atoms with Gasteiger partial charge >= 0.3 is 5.97 Å². The van der Waals surface area contributed by atoms with Crippen molar-refractivity contribution < 1.29 is 9.90 Å². The van der Waals surface area contributed by atoms with Gasteiger partial charge in [0.1, 0.15) is 6.04 Å². The Kier molecular flexibility index (Phi) is 3.68. The molecule has 0 aromatic rings. The van der Waals surface area contributed by atoms with Crippen LogP contribution in [0, 0.1) is 5.92 Å². The molecule has 1 unspecified atom stereocenters. The molecule has 1 aliphatic carbocycles.